The highest BCUT2D eigenvalue weighted by Crippen LogP contribution is 2.22. The summed E-state index contributed by atoms with van der Waals surface area (Å²) in [5.41, 5.74) is 0.496. The molecule has 3 rings (SSSR count). The Kier molecular flexibility index (Phi) is 5.26. The number of hydrogen-bond acceptors (Lipinski definition) is 2. The number of carbonyl (C=O) groups excluding carboxylic acids is 1. The zero-order valence-electron chi connectivity index (χ0n) is 13.8. The van der Waals surface area contributed by atoms with Gasteiger partial charge < -0.3 is 9.47 Å². The van der Waals surface area contributed by atoms with Crippen molar-refractivity contribution >= 4 is 5.91 Å². The molecule has 1 unspecified atom stereocenters. The van der Waals surface area contributed by atoms with Crippen molar-refractivity contribution in [1.29, 1.82) is 0 Å². The quantitative estimate of drug-likeness (QED) is 0.835. The van der Waals surface area contributed by atoms with E-state index in [0.29, 0.717) is 31.6 Å². The van der Waals surface area contributed by atoms with E-state index in [-0.39, 0.29) is 23.8 Å². The maximum Gasteiger partial charge on any atom is 0.250 e. The first kappa shape index (κ1) is 17.3. The van der Waals surface area contributed by atoms with Gasteiger partial charge in [0.15, 0.2) is 0 Å². The van der Waals surface area contributed by atoms with Crippen molar-refractivity contribution in [1.82, 2.24) is 9.47 Å². The molecule has 132 valence electrons. The van der Waals surface area contributed by atoms with Crippen LogP contribution in [0.3, 0.4) is 0 Å². The molecular weight excluding hydrogens is 326 g/mol. The van der Waals surface area contributed by atoms with Gasteiger partial charge in [0.25, 0.3) is 5.56 Å². The Labute approximate surface area is 144 Å². The number of amides is 1. The zero-order valence-corrected chi connectivity index (χ0v) is 13.8. The van der Waals surface area contributed by atoms with Gasteiger partial charge in [-0.15, -0.1) is 0 Å². The van der Waals surface area contributed by atoms with Crippen LogP contribution >= 0.6 is 0 Å². The number of nitrogens with zero attached hydrogens (tertiary/aromatic N) is 2. The molecule has 1 aliphatic rings. The first-order valence-corrected chi connectivity index (χ1v) is 8.39. The molecular formula is C19H20F2N2O2. The van der Waals surface area contributed by atoms with Gasteiger partial charge in [0.2, 0.25) is 5.91 Å². The van der Waals surface area contributed by atoms with Crippen molar-refractivity contribution in [2.24, 2.45) is 5.92 Å². The van der Waals surface area contributed by atoms with Gasteiger partial charge in [-0.3, -0.25) is 9.59 Å². The van der Waals surface area contributed by atoms with Gasteiger partial charge in [-0.25, -0.2) is 8.78 Å². The van der Waals surface area contributed by atoms with Crippen LogP contribution in [0.2, 0.25) is 0 Å². The summed E-state index contributed by atoms with van der Waals surface area (Å²) in [5, 5.41) is 0. The van der Waals surface area contributed by atoms with Gasteiger partial charge in [0.05, 0.1) is 0 Å². The summed E-state index contributed by atoms with van der Waals surface area (Å²) in [5.74, 6) is -0.947. The Morgan fingerprint density at radius 3 is 2.64 bits per heavy atom. The summed E-state index contributed by atoms with van der Waals surface area (Å²) < 4.78 is 28.1. The molecule has 0 saturated carbocycles. The second kappa shape index (κ2) is 7.59. The molecule has 25 heavy (non-hydrogen) atoms. The first-order valence-electron chi connectivity index (χ1n) is 8.39. The van der Waals surface area contributed by atoms with Gasteiger partial charge in [-0.05, 0) is 42.5 Å². The van der Waals surface area contributed by atoms with Gasteiger partial charge in [0, 0.05) is 44.4 Å². The van der Waals surface area contributed by atoms with Crippen molar-refractivity contribution in [3.63, 3.8) is 0 Å². The number of rotatable bonds is 5. The average molecular weight is 346 g/mol. The normalized spacial score (nSPS) is 17.0. The van der Waals surface area contributed by atoms with E-state index >= 15 is 0 Å². The third-order valence-electron chi connectivity index (χ3n) is 4.55. The third-order valence-corrected chi connectivity index (χ3v) is 4.55. The minimum atomic E-state index is -0.575. The molecule has 1 fully saturated rings. The van der Waals surface area contributed by atoms with Crippen LogP contribution in [0.4, 0.5) is 8.78 Å². The van der Waals surface area contributed by atoms with Crippen LogP contribution in [0.15, 0.2) is 47.4 Å². The predicted molar refractivity (Wildman–Crippen MR) is 90.1 cm³/mol. The number of hydrogen-bond donors (Lipinski definition) is 0. The monoisotopic (exact) mass is 346 g/mol. The number of halogens is 2. The van der Waals surface area contributed by atoms with Gasteiger partial charge >= 0.3 is 0 Å². The molecule has 2 aromatic rings. The van der Waals surface area contributed by atoms with Crippen LogP contribution in [0.5, 0.6) is 0 Å². The maximum atomic E-state index is 13.3. The molecule has 1 atom stereocenters. The van der Waals surface area contributed by atoms with Crippen LogP contribution in [-0.4, -0.2) is 28.5 Å². The summed E-state index contributed by atoms with van der Waals surface area (Å²) in [6, 6.07) is 8.44. The Balaban J connectivity index is 1.52. The highest BCUT2D eigenvalue weighted by molar-refractivity contribution is 5.76. The van der Waals surface area contributed by atoms with Gasteiger partial charge in [-0.1, -0.05) is 6.07 Å². The summed E-state index contributed by atoms with van der Waals surface area (Å²) in [4.78, 5) is 25.7. The zero-order chi connectivity index (χ0) is 17.8. The lowest BCUT2D eigenvalue weighted by atomic mass is 9.98. The number of likely N-dealkylation sites (tertiary alicyclic amines) is 1. The third kappa shape index (κ3) is 4.53. The van der Waals surface area contributed by atoms with E-state index < -0.39 is 11.6 Å². The van der Waals surface area contributed by atoms with E-state index in [0.717, 1.165) is 12.5 Å². The lowest BCUT2D eigenvalue weighted by molar-refractivity contribution is -0.130. The fourth-order valence-corrected chi connectivity index (χ4v) is 3.31. The van der Waals surface area contributed by atoms with Crippen molar-refractivity contribution in [3.05, 3.63) is 70.1 Å². The molecule has 1 aromatic carbocycles. The number of pyridine rings is 1. The second-order valence-corrected chi connectivity index (χ2v) is 6.46. The van der Waals surface area contributed by atoms with E-state index in [1.165, 1.54) is 22.8 Å². The van der Waals surface area contributed by atoms with E-state index in [1.54, 1.807) is 23.2 Å². The standard InChI is InChI=1S/C19H20F2N2O2/c20-16-10-15(11-17(21)12-16)9-14-4-7-23(13-14)19(25)5-8-22-6-2-1-3-18(22)24/h1-3,6,10-12,14H,4-5,7-9,13H2. The van der Waals surface area contributed by atoms with Crippen LogP contribution in [-0.2, 0) is 17.8 Å². The molecule has 4 nitrogen and oxygen atoms in total. The molecule has 0 aliphatic carbocycles. The fraction of sp³-hybridized carbons (Fsp3) is 0.368. The lowest BCUT2D eigenvalue weighted by Gasteiger charge is -2.17. The van der Waals surface area contributed by atoms with Crippen LogP contribution in [0.1, 0.15) is 18.4 Å². The molecule has 0 N–H and O–H groups in total. The molecule has 1 aliphatic heterocycles. The van der Waals surface area contributed by atoms with E-state index in [4.69, 9.17) is 0 Å². The minimum absolute atomic E-state index is 0.00340. The molecule has 1 amide bonds. The van der Waals surface area contributed by atoms with Crippen molar-refractivity contribution < 1.29 is 13.6 Å². The highest BCUT2D eigenvalue weighted by Gasteiger charge is 2.26. The largest absolute Gasteiger partial charge is 0.342 e. The Hall–Kier alpha value is -2.50. The summed E-state index contributed by atoms with van der Waals surface area (Å²) in [7, 11) is 0. The van der Waals surface area contributed by atoms with E-state index in [9.17, 15) is 18.4 Å². The minimum Gasteiger partial charge on any atom is -0.342 e. The van der Waals surface area contributed by atoms with Gasteiger partial charge in [0.1, 0.15) is 11.6 Å². The molecule has 0 radical (unpaired) electrons. The topological polar surface area (TPSA) is 42.3 Å². The lowest BCUT2D eigenvalue weighted by Crippen LogP contribution is -2.30. The smallest absolute Gasteiger partial charge is 0.250 e. The summed E-state index contributed by atoms with van der Waals surface area (Å²) >= 11 is 0. The Morgan fingerprint density at radius 2 is 1.92 bits per heavy atom. The molecule has 6 heteroatoms. The molecule has 0 bridgehead atoms. The second-order valence-electron chi connectivity index (χ2n) is 6.46. The highest BCUT2D eigenvalue weighted by atomic mass is 19.1. The van der Waals surface area contributed by atoms with Crippen LogP contribution < -0.4 is 5.56 Å². The van der Waals surface area contributed by atoms with Crippen molar-refractivity contribution in [2.75, 3.05) is 13.1 Å². The molecule has 0 spiro atoms. The summed E-state index contributed by atoms with van der Waals surface area (Å²) in [6.45, 7) is 1.58. The predicted octanol–water partition coefficient (Wildman–Crippen LogP) is 2.61. The van der Waals surface area contributed by atoms with Crippen LogP contribution in [0, 0.1) is 17.6 Å². The number of benzene rings is 1. The fourth-order valence-electron chi connectivity index (χ4n) is 3.31. The number of aromatic nitrogens is 1. The SMILES string of the molecule is O=C(CCn1ccccc1=O)N1CCC(Cc2cc(F)cc(F)c2)C1. The maximum absolute atomic E-state index is 13.3. The average Bonchev–Trinajstić information content (AvgIpc) is 3.01. The van der Waals surface area contributed by atoms with Crippen molar-refractivity contribution in [2.45, 2.75) is 25.8 Å². The number of aryl methyl sites for hydroxylation is 1. The molecule has 2 heterocycles. The molecule has 1 saturated heterocycles. The van der Waals surface area contributed by atoms with Crippen molar-refractivity contribution in [3.8, 4) is 0 Å². The first-order chi connectivity index (χ1) is 12.0. The van der Waals surface area contributed by atoms with E-state index in [2.05, 4.69) is 0 Å². The summed E-state index contributed by atoms with van der Waals surface area (Å²) in [6.07, 6.45) is 3.30. The van der Waals surface area contributed by atoms with Gasteiger partial charge in [-0.2, -0.15) is 0 Å². The van der Waals surface area contributed by atoms with E-state index in [1.807, 2.05) is 0 Å². The number of carbonyl (C=O) groups is 1. The Morgan fingerprint density at radius 1 is 1.16 bits per heavy atom. The molecule has 1 aromatic heterocycles. The Bertz CT molecular complexity index is 799. The van der Waals surface area contributed by atoms with Crippen LogP contribution in [0.25, 0.3) is 0 Å².